The maximum atomic E-state index is 14.9. The van der Waals surface area contributed by atoms with Crippen molar-refractivity contribution in [1.29, 1.82) is 0 Å². The first kappa shape index (κ1) is 45.8. The Morgan fingerprint density at radius 1 is 0.923 bits per heavy atom. The van der Waals surface area contributed by atoms with Crippen molar-refractivity contribution in [2.75, 3.05) is 13.1 Å². The van der Waals surface area contributed by atoms with Gasteiger partial charge >= 0.3 is 12.2 Å². The quantitative estimate of drug-likeness (QED) is 0.115. The average molecular weight is 912 g/mol. The average Bonchev–Trinajstić information content (AvgIpc) is 3.84. The molecule has 0 saturated heterocycles. The van der Waals surface area contributed by atoms with Crippen LogP contribution >= 0.6 is 11.6 Å². The molecule has 0 radical (unpaired) electrons. The Morgan fingerprint density at radius 2 is 1.63 bits per heavy atom. The van der Waals surface area contributed by atoms with E-state index in [4.69, 9.17) is 16.0 Å². The lowest BCUT2D eigenvalue weighted by molar-refractivity contribution is -0.137. The van der Waals surface area contributed by atoms with Crippen molar-refractivity contribution < 1.29 is 37.4 Å². The van der Waals surface area contributed by atoms with E-state index < -0.39 is 34.6 Å². The Balaban J connectivity index is 1.09. The number of halogens is 4. The maximum Gasteiger partial charge on any atom is 0.416 e. The van der Waals surface area contributed by atoms with Crippen LogP contribution in [0.3, 0.4) is 0 Å². The Morgan fingerprint density at radius 3 is 2.32 bits per heavy atom. The van der Waals surface area contributed by atoms with Crippen LogP contribution in [-0.4, -0.2) is 51.7 Å². The summed E-state index contributed by atoms with van der Waals surface area (Å²) in [6.45, 7) is 6.94. The van der Waals surface area contributed by atoms with Crippen LogP contribution in [0.5, 0.6) is 0 Å². The van der Waals surface area contributed by atoms with Crippen LogP contribution in [0.4, 0.5) is 18.0 Å². The van der Waals surface area contributed by atoms with Gasteiger partial charge in [0.1, 0.15) is 5.76 Å². The SMILES string of the molecule is CC1=CCCC2(C)C(CCC2(O)CN(CC23CC4CC(CC(C4)C2)C3)C(=O)NC(C)c2ccccc2)c2ccc(cc2C(=O)c2ccc(-c3cc(C(F)(F)F)ccc3Cl)o2)CC(O)CC1. The van der Waals surface area contributed by atoms with E-state index in [2.05, 4.69) is 25.2 Å². The number of nitrogens with zero attached hydrogens (tertiary/aromatic N) is 1. The zero-order valence-electron chi connectivity index (χ0n) is 37.7. The minimum atomic E-state index is -4.61. The first-order valence-electron chi connectivity index (χ1n) is 23.7. The molecule has 5 fully saturated rings. The van der Waals surface area contributed by atoms with Crippen molar-refractivity contribution in [2.24, 2.45) is 28.6 Å². The van der Waals surface area contributed by atoms with Gasteiger partial charge in [-0.1, -0.05) is 72.6 Å². The highest BCUT2D eigenvalue weighted by Crippen LogP contribution is 2.62. The van der Waals surface area contributed by atoms with Gasteiger partial charge in [-0.2, -0.15) is 13.2 Å². The van der Waals surface area contributed by atoms with E-state index in [0.29, 0.717) is 74.8 Å². The molecule has 3 aromatic carbocycles. The van der Waals surface area contributed by atoms with E-state index in [1.165, 1.54) is 43.0 Å². The van der Waals surface area contributed by atoms with E-state index >= 15 is 0 Å². The number of benzene rings is 3. The summed E-state index contributed by atoms with van der Waals surface area (Å²) in [6, 6.07) is 21.2. The molecule has 5 saturated carbocycles. The first-order valence-corrected chi connectivity index (χ1v) is 24.1. The minimum Gasteiger partial charge on any atom is -0.453 e. The zero-order valence-corrected chi connectivity index (χ0v) is 38.5. The van der Waals surface area contributed by atoms with E-state index in [1.54, 1.807) is 0 Å². The highest BCUT2D eigenvalue weighted by molar-refractivity contribution is 6.33. The van der Waals surface area contributed by atoms with Crippen LogP contribution in [0, 0.1) is 28.6 Å². The normalized spacial score (nSPS) is 30.4. The number of carbonyl (C=O) groups excluding carboxylic acids is 2. The monoisotopic (exact) mass is 910 g/mol. The summed E-state index contributed by atoms with van der Waals surface area (Å²) in [6.07, 6.45) is 7.87. The molecular formula is C54H62ClF3N2O5. The summed E-state index contributed by atoms with van der Waals surface area (Å²) in [4.78, 5) is 31.7. The molecule has 65 heavy (non-hydrogen) atoms. The fourth-order valence-corrected chi connectivity index (χ4v) is 13.5. The van der Waals surface area contributed by atoms with Crippen molar-refractivity contribution in [1.82, 2.24) is 10.2 Å². The zero-order chi connectivity index (χ0) is 45.9. The van der Waals surface area contributed by atoms with Crippen LogP contribution in [-0.2, 0) is 12.6 Å². The molecule has 0 spiro atoms. The van der Waals surface area contributed by atoms with Crippen molar-refractivity contribution in [3.63, 3.8) is 0 Å². The Kier molecular flexibility index (Phi) is 12.5. The number of hydrogen-bond donors (Lipinski definition) is 3. The van der Waals surface area contributed by atoms with Gasteiger partial charge in [-0.25, -0.2) is 4.79 Å². The number of ketones is 1. The topological polar surface area (TPSA) is 103 Å². The smallest absolute Gasteiger partial charge is 0.416 e. The molecule has 5 unspecified atom stereocenters. The number of furan rings is 1. The fraction of sp³-hybridized carbons (Fsp3) is 0.519. The molecule has 6 bridgehead atoms. The molecule has 7 nitrogen and oxygen atoms in total. The number of amides is 2. The molecule has 1 heterocycles. The molecule has 11 rings (SSSR count). The lowest BCUT2D eigenvalue weighted by Crippen LogP contribution is -2.59. The number of rotatable bonds is 9. The van der Waals surface area contributed by atoms with Crippen LogP contribution in [0.1, 0.15) is 148 Å². The molecule has 2 amide bonds. The number of allylic oxidation sites excluding steroid dienone is 2. The number of aliphatic hydroxyl groups excluding tert-OH is 1. The van der Waals surface area contributed by atoms with Crippen molar-refractivity contribution >= 4 is 23.4 Å². The van der Waals surface area contributed by atoms with Crippen molar-refractivity contribution in [3.8, 4) is 11.3 Å². The van der Waals surface area contributed by atoms with Crippen molar-refractivity contribution in [3.05, 3.63) is 129 Å². The van der Waals surface area contributed by atoms with Crippen LogP contribution in [0.25, 0.3) is 11.3 Å². The van der Waals surface area contributed by atoms with Crippen LogP contribution in [0.2, 0.25) is 5.02 Å². The first-order chi connectivity index (χ1) is 30.9. The highest BCUT2D eigenvalue weighted by Gasteiger charge is 2.59. The van der Waals surface area contributed by atoms with Gasteiger partial charge in [0.2, 0.25) is 5.78 Å². The summed E-state index contributed by atoms with van der Waals surface area (Å²) in [7, 11) is 0. The second kappa shape index (κ2) is 17.7. The Bertz CT molecular complexity index is 2410. The number of urea groups is 1. The van der Waals surface area contributed by atoms with E-state index in [1.807, 2.05) is 60.4 Å². The van der Waals surface area contributed by atoms with Gasteiger partial charge < -0.3 is 24.8 Å². The van der Waals surface area contributed by atoms with Gasteiger partial charge in [-0.05, 0) is 179 Å². The number of carbonyl (C=O) groups is 2. The summed E-state index contributed by atoms with van der Waals surface area (Å²) in [5.74, 6) is 1.26. The van der Waals surface area contributed by atoms with Gasteiger partial charge in [0.05, 0.1) is 34.9 Å². The Hall–Kier alpha value is -4.38. The second-order valence-electron chi connectivity index (χ2n) is 21.0. The van der Waals surface area contributed by atoms with Crippen LogP contribution < -0.4 is 5.32 Å². The van der Waals surface area contributed by atoms with Gasteiger partial charge in [-0.15, -0.1) is 0 Å². The summed E-state index contributed by atoms with van der Waals surface area (Å²) in [5.41, 5.74) is 1.02. The Labute approximate surface area is 385 Å². The summed E-state index contributed by atoms with van der Waals surface area (Å²) in [5, 5.41) is 28.0. The second-order valence-corrected chi connectivity index (χ2v) is 21.4. The van der Waals surface area contributed by atoms with E-state index in [0.717, 1.165) is 48.1 Å². The number of alkyl halides is 3. The molecule has 4 aromatic rings. The number of hydrogen-bond acceptors (Lipinski definition) is 5. The third-order valence-electron chi connectivity index (χ3n) is 16.4. The lowest BCUT2D eigenvalue weighted by Gasteiger charge is -2.58. The van der Waals surface area contributed by atoms with E-state index in [-0.39, 0.29) is 52.1 Å². The number of nitrogens with one attached hydrogen (secondary N) is 1. The molecule has 346 valence electrons. The fourth-order valence-electron chi connectivity index (χ4n) is 13.3. The lowest BCUT2D eigenvalue weighted by atomic mass is 9.49. The van der Waals surface area contributed by atoms with Crippen LogP contribution in [0.15, 0.2) is 94.9 Å². The molecule has 7 aliphatic rings. The standard InChI is InChI=1S/C54H62ClF3N2O5/c1-33-8-7-20-51(3)45(19-21-53(51,64)32-60(50(63)59-34(2)39-9-5-4-6-10-39)31-52-28-36-22-37(29-52)24-38(23-36)30-52)42-15-12-35(25-41(61)14-11-33)26-43(42)49(62)48-18-17-47(65-48)44-27-40(54(56,57)58)13-16-46(44)55/h4-6,8-10,12-13,15-18,26-27,34,36-38,41,45,61,64H,7,11,14,19-25,28-32H2,1-3H3,(H,59,63). The molecule has 7 aliphatic carbocycles. The largest absolute Gasteiger partial charge is 0.453 e. The minimum absolute atomic E-state index is 0.0145. The molecule has 3 N–H and O–H groups in total. The highest BCUT2D eigenvalue weighted by atomic mass is 35.5. The molecule has 0 aliphatic heterocycles. The van der Waals surface area contributed by atoms with Gasteiger partial charge in [0.15, 0.2) is 5.76 Å². The van der Waals surface area contributed by atoms with Crippen molar-refractivity contribution in [2.45, 2.75) is 134 Å². The molecular weight excluding hydrogens is 849 g/mol. The maximum absolute atomic E-state index is 14.9. The predicted molar refractivity (Wildman–Crippen MR) is 247 cm³/mol. The van der Waals surface area contributed by atoms with Gasteiger partial charge in [-0.3, -0.25) is 4.79 Å². The summed E-state index contributed by atoms with van der Waals surface area (Å²) < 4.78 is 47.3. The predicted octanol–water partition coefficient (Wildman–Crippen LogP) is 12.9. The molecule has 5 atom stereocenters. The van der Waals surface area contributed by atoms with Gasteiger partial charge in [0, 0.05) is 23.1 Å². The third kappa shape index (κ3) is 9.21. The summed E-state index contributed by atoms with van der Waals surface area (Å²) >= 11 is 6.40. The molecule has 11 heteroatoms. The van der Waals surface area contributed by atoms with E-state index in [9.17, 15) is 33.0 Å². The third-order valence-corrected chi connectivity index (χ3v) is 16.7. The molecule has 1 aromatic heterocycles. The number of aliphatic hydroxyl groups is 2. The van der Waals surface area contributed by atoms with Gasteiger partial charge in [0.25, 0.3) is 0 Å². The number of fused-ring (bicyclic) bond motifs is 8.